The zero-order valence-corrected chi connectivity index (χ0v) is 10.7. The van der Waals surface area contributed by atoms with Crippen molar-refractivity contribution < 1.29 is 13.2 Å². The second-order valence-corrected chi connectivity index (χ2v) is 6.41. The van der Waals surface area contributed by atoms with E-state index in [0.29, 0.717) is 30.7 Å². The number of hydrogen-bond acceptors (Lipinski definition) is 1. The summed E-state index contributed by atoms with van der Waals surface area (Å²) in [6.45, 7) is 0. The second-order valence-electron chi connectivity index (χ2n) is 6.41. The largest absolute Gasteiger partial charge is 0.393 e. The third kappa shape index (κ3) is 2.84. The molecule has 0 aromatic heterocycles. The van der Waals surface area contributed by atoms with Crippen molar-refractivity contribution in [2.45, 2.75) is 69.6 Å². The SMILES string of the molecule is FC(F)(F)C1CCCCC1NC(C1CC1)C1CC1. The van der Waals surface area contributed by atoms with Crippen molar-refractivity contribution in [3.8, 4) is 0 Å². The number of nitrogens with one attached hydrogen (secondary N) is 1. The van der Waals surface area contributed by atoms with Crippen LogP contribution in [-0.2, 0) is 0 Å². The molecule has 0 radical (unpaired) electrons. The van der Waals surface area contributed by atoms with Crippen LogP contribution in [0, 0.1) is 17.8 Å². The average Bonchev–Trinajstić information content (AvgIpc) is 3.16. The van der Waals surface area contributed by atoms with E-state index in [9.17, 15) is 13.2 Å². The molecule has 104 valence electrons. The highest BCUT2D eigenvalue weighted by Gasteiger charge is 2.48. The van der Waals surface area contributed by atoms with Gasteiger partial charge in [-0.25, -0.2) is 0 Å². The first-order valence-corrected chi connectivity index (χ1v) is 7.38. The summed E-state index contributed by atoms with van der Waals surface area (Å²) in [6.07, 6.45) is 3.58. The monoisotopic (exact) mass is 261 g/mol. The zero-order valence-electron chi connectivity index (χ0n) is 10.7. The molecule has 2 atom stereocenters. The van der Waals surface area contributed by atoms with Gasteiger partial charge in [-0.15, -0.1) is 0 Å². The second kappa shape index (κ2) is 4.69. The molecule has 1 nitrogen and oxygen atoms in total. The maximum Gasteiger partial charge on any atom is 0.393 e. The first-order chi connectivity index (χ1) is 8.55. The highest BCUT2D eigenvalue weighted by molar-refractivity contribution is 4.99. The predicted octanol–water partition coefficient (Wildman–Crippen LogP) is 3.89. The van der Waals surface area contributed by atoms with Gasteiger partial charge in [-0.3, -0.25) is 0 Å². The van der Waals surface area contributed by atoms with Crippen molar-refractivity contribution in [1.82, 2.24) is 5.32 Å². The summed E-state index contributed by atoms with van der Waals surface area (Å²) in [5, 5.41) is 3.42. The van der Waals surface area contributed by atoms with Gasteiger partial charge in [0.2, 0.25) is 0 Å². The van der Waals surface area contributed by atoms with E-state index >= 15 is 0 Å². The molecule has 0 heterocycles. The molecule has 18 heavy (non-hydrogen) atoms. The Bertz CT molecular complexity index is 282. The Balaban J connectivity index is 1.64. The highest BCUT2D eigenvalue weighted by atomic mass is 19.4. The Morgan fingerprint density at radius 2 is 1.39 bits per heavy atom. The first kappa shape index (κ1) is 12.8. The normalized spacial score (nSPS) is 34.0. The van der Waals surface area contributed by atoms with E-state index in [2.05, 4.69) is 5.32 Å². The molecule has 0 aromatic carbocycles. The topological polar surface area (TPSA) is 12.0 Å². The molecule has 3 rings (SSSR count). The van der Waals surface area contributed by atoms with E-state index in [0.717, 1.165) is 12.8 Å². The van der Waals surface area contributed by atoms with Gasteiger partial charge in [0.15, 0.2) is 0 Å². The molecule has 1 N–H and O–H groups in total. The lowest BCUT2D eigenvalue weighted by atomic mass is 9.83. The average molecular weight is 261 g/mol. The van der Waals surface area contributed by atoms with E-state index in [-0.39, 0.29) is 6.04 Å². The summed E-state index contributed by atoms with van der Waals surface area (Å²) in [5.74, 6) is 0.243. The summed E-state index contributed by atoms with van der Waals surface area (Å²) in [7, 11) is 0. The fourth-order valence-corrected chi connectivity index (χ4v) is 3.54. The van der Waals surface area contributed by atoms with Crippen LogP contribution in [0.15, 0.2) is 0 Å². The maximum atomic E-state index is 13.0. The Labute approximate surface area is 107 Å². The van der Waals surface area contributed by atoms with Crippen LogP contribution in [0.2, 0.25) is 0 Å². The Hall–Kier alpha value is -0.250. The Morgan fingerprint density at radius 3 is 1.89 bits per heavy atom. The minimum absolute atomic E-state index is 0.315. The highest BCUT2D eigenvalue weighted by Crippen LogP contribution is 2.46. The molecule has 0 bridgehead atoms. The van der Waals surface area contributed by atoms with E-state index in [1.807, 2.05) is 0 Å². The van der Waals surface area contributed by atoms with Gasteiger partial charge >= 0.3 is 6.18 Å². The van der Waals surface area contributed by atoms with Crippen molar-refractivity contribution in [2.24, 2.45) is 17.8 Å². The molecular weight excluding hydrogens is 239 g/mol. The smallest absolute Gasteiger partial charge is 0.310 e. The van der Waals surface area contributed by atoms with E-state index < -0.39 is 12.1 Å². The molecular formula is C14H22F3N. The lowest BCUT2D eigenvalue weighted by Gasteiger charge is -2.36. The minimum Gasteiger partial charge on any atom is -0.310 e. The van der Waals surface area contributed by atoms with Crippen LogP contribution >= 0.6 is 0 Å². The predicted molar refractivity (Wildman–Crippen MR) is 64.2 cm³/mol. The summed E-state index contributed by atoms with van der Waals surface area (Å²) in [5.41, 5.74) is 0. The molecule has 0 saturated heterocycles. The molecule has 4 heteroatoms. The number of rotatable bonds is 4. The third-order valence-electron chi connectivity index (χ3n) is 4.85. The van der Waals surface area contributed by atoms with Crippen LogP contribution in [0.5, 0.6) is 0 Å². The van der Waals surface area contributed by atoms with Gasteiger partial charge < -0.3 is 5.32 Å². The van der Waals surface area contributed by atoms with Gasteiger partial charge in [0.1, 0.15) is 0 Å². The molecule has 0 spiro atoms. The summed E-state index contributed by atoms with van der Waals surface area (Å²) in [4.78, 5) is 0. The van der Waals surface area contributed by atoms with Gasteiger partial charge in [0, 0.05) is 12.1 Å². The van der Waals surface area contributed by atoms with Crippen molar-refractivity contribution in [3.05, 3.63) is 0 Å². The van der Waals surface area contributed by atoms with Crippen LogP contribution < -0.4 is 5.32 Å². The van der Waals surface area contributed by atoms with Gasteiger partial charge in [-0.05, 0) is 50.4 Å². The molecule has 0 aliphatic heterocycles. The lowest BCUT2D eigenvalue weighted by molar-refractivity contribution is -0.189. The molecule has 3 aliphatic carbocycles. The fourth-order valence-electron chi connectivity index (χ4n) is 3.54. The molecule has 3 aliphatic rings. The lowest BCUT2D eigenvalue weighted by Crippen LogP contribution is -2.50. The minimum atomic E-state index is -4.02. The van der Waals surface area contributed by atoms with E-state index in [4.69, 9.17) is 0 Å². The van der Waals surface area contributed by atoms with Gasteiger partial charge in [-0.1, -0.05) is 12.8 Å². The number of hydrogen-bond donors (Lipinski definition) is 1. The first-order valence-electron chi connectivity index (χ1n) is 7.38. The van der Waals surface area contributed by atoms with Crippen LogP contribution in [0.4, 0.5) is 13.2 Å². The molecule has 0 aromatic rings. The molecule has 3 saturated carbocycles. The van der Waals surface area contributed by atoms with E-state index in [1.54, 1.807) is 0 Å². The summed E-state index contributed by atoms with van der Waals surface area (Å²) >= 11 is 0. The standard InChI is InChI=1S/C14H22F3N/c15-14(16,17)11-3-1-2-4-12(11)18-13(9-5-6-9)10-7-8-10/h9-13,18H,1-8H2. The third-order valence-corrected chi connectivity index (χ3v) is 4.85. The van der Waals surface area contributed by atoms with Crippen LogP contribution in [0.1, 0.15) is 51.4 Å². The molecule has 3 fully saturated rings. The zero-order chi connectivity index (χ0) is 12.8. The van der Waals surface area contributed by atoms with E-state index in [1.165, 1.54) is 25.7 Å². The molecule has 0 amide bonds. The number of halogens is 3. The van der Waals surface area contributed by atoms with Gasteiger partial charge in [-0.2, -0.15) is 13.2 Å². The number of alkyl halides is 3. The molecule has 2 unspecified atom stereocenters. The van der Waals surface area contributed by atoms with Gasteiger partial charge in [0.05, 0.1) is 5.92 Å². The van der Waals surface area contributed by atoms with Crippen molar-refractivity contribution >= 4 is 0 Å². The van der Waals surface area contributed by atoms with Crippen molar-refractivity contribution in [1.29, 1.82) is 0 Å². The summed E-state index contributed by atoms with van der Waals surface area (Å²) in [6, 6.07) is 0.0721. The fraction of sp³-hybridized carbons (Fsp3) is 1.00. The summed E-state index contributed by atoms with van der Waals surface area (Å²) < 4.78 is 39.1. The Morgan fingerprint density at radius 1 is 0.833 bits per heavy atom. The van der Waals surface area contributed by atoms with Crippen LogP contribution in [0.25, 0.3) is 0 Å². The van der Waals surface area contributed by atoms with Crippen LogP contribution in [0.3, 0.4) is 0 Å². The van der Waals surface area contributed by atoms with Crippen molar-refractivity contribution in [2.75, 3.05) is 0 Å². The van der Waals surface area contributed by atoms with Crippen LogP contribution in [-0.4, -0.2) is 18.3 Å². The Kier molecular flexibility index (Phi) is 3.33. The maximum absolute atomic E-state index is 13.0. The van der Waals surface area contributed by atoms with Gasteiger partial charge in [0.25, 0.3) is 0 Å². The van der Waals surface area contributed by atoms with Crippen molar-refractivity contribution in [3.63, 3.8) is 0 Å². The quantitative estimate of drug-likeness (QED) is 0.809.